The number of esters is 1. The van der Waals surface area contributed by atoms with Crippen LogP contribution in [0, 0.1) is 17.8 Å². The number of carbonyl (C=O) groups is 1. The molecular formula is C13H24O3. The van der Waals surface area contributed by atoms with Gasteiger partial charge in [-0.25, -0.2) is 0 Å². The third kappa shape index (κ3) is 2.97. The smallest absolute Gasteiger partial charge is 0.303 e. The van der Waals surface area contributed by atoms with Crippen molar-refractivity contribution >= 4 is 5.97 Å². The van der Waals surface area contributed by atoms with Crippen LogP contribution in [0.1, 0.15) is 40.5 Å². The minimum Gasteiger partial charge on any atom is -0.459 e. The Kier molecular flexibility index (Phi) is 4.78. The van der Waals surface area contributed by atoms with Crippen molar-refractivity contribution in [3.05, 3.63) is 0 Å². The van der Waals surface area contributed by atoms with Crippen LogP contribution < -0.4 is 0 Å². The molecule has 1 rings (SSSR count). The topological polar surface area (TPSA) is 35.5 Å². The van der Waals surface area contributed by atoms with Crippen LogP contribution in [-0.2, 0) is 14.3 Å². The molecule has 0 spiro atoms. The molecule has 0 aromatic carbocycles. The van der Waals surface area contributed by atoms with Crippen molar-refractivity contribution in [1.29, 1.82) is 0 Å². The van der Waals surface area contributed by atoms with Gasteiger partial charge in [0.15, 0.2) is 0 Å². The molecule has 16 heavy (non-hydrogen) atoms. The second-order valence-electron chi connectivity index (χ2n) is 5.24. The van der Waals surface area contributed by atoms with Crippen molar-refractivity contribution < 1.29 is 14.3 Å². The number of rotatable bonds is 3. The fourth-order valence-corrected chi connectivity index (χ4v) is 2.78. The quantitative estimate of drug-likeness (QED) is 0.697. The first kappa shape index (κ1) is 13.5. The van der Waals surface area contributed by atoms with Gasteiger partial charge in [0, 0.05) is 20.0 Å². The van der Waals surface area contributed by atoms with Gasteiger partial charge in [0.05, 0.1) is 6.10 Å². The third-order valence-electron chi connectivity index (χ3n) is 3.69. The monoisotopic (exact) mass is 228 g/mol. The summed E-state index contributed by atoms with van der Waals surface area (Å²) in [4.78, 5) is 11.2. The summed E-state index contributed by atoms with van der Waals surface area (Å²) < 4.78 is 11.0. The summed E-state index contributed by atoms with van der Waals surface area (Å²) in [5.74, 6) is 1.20. The molecule has 1 aliphatic carbocycles. The van der Waals surface area contributed by atoms with E-state index in [1.165, 1.54) is 6.92 Å². The SMILES string of the molecule is COC1C(C)CCC(C(C)C)C1OC(C)=O. The van der Waals surface area contributed by atoms with Crippen LogP contribution in [0.4, 0.5) is 0 Å². The molecule has 3 nitrogen and oxygen atoms in total. The highest BCUT2D eigenvalue weighted by molar-refractivity contribution is 5.66. The number of ether oxygens (including phenoxy) is 2. The summed E-state index contributed by atoms with van der Waals surface area (Å²) in [5, 5.41) is 0. The average molecular weight is 228 g/mol. The molecule has 0 aliphatic heterocycles. The van der Waals surface area contributed by atoms with Crippen LogP contribution in [0.5, 0.6) is 0 Å². The number of hydrogen-bond acceptors (Lipinski definition) is 3. The minimum atomic E-state index is -0.202. The summed E-state index contributed by atoms with van der Waals surface area (Å²) in [6.07, 6.45) is 2.24. The van der Waals surface area contributed by atoms with Crippen molar-refractivity contribution in [3.63, 3.8) is 0 Å². The maximum atomic E-state index is 11.2. The number of methoxy groups -OCH3 is 1. The Hall–Kier alpha value is -0.570. The van der Waals surface area contributed by atoms with E-state index >= 15 is 0 Å². The molecule has 0 radical (unpaired) electrons. The van der Waals surface area contributed by atoms with Gasteiger partial charge < -0.3 is 9.47 Å². The van der Waals surface area contributed by atoms with E-state index in [0.29, 0.717) is 17.8 Å². The van der Waals surface area contributed by atoms with Gasteiger partial charge in [0.25, 0.3) is 0 Å². The lowest BCUT2D eigenvalue weighted by Gasteiger charge is -2.42. The molecule has 0 aromatic heterocycles. The Morgan fingerprint density at radius 1 is 1.25 bits per heavy atom. The molecule has 0 saturated heterocycles. The summed E-state index contributed by atoms with van der Waals surface area (Å²) in [5.41, 5.74) is 0. The van der Waals surface area contributed by atoms with E-state index in [-0.39, 0.29) is 18.2 Å². The van der Waals surface area contributed by atoms with Crippen molar-refractivity contribution in [2.45, 2.75) is 52.7 Å². The zero-order valence-electron chi connectivity index (χ0n) is 11.0. The first-order valence-electron chi connectivity index (χ1n) is 6.17. The molecule has 0 N–H and O–H groups in total. The number of hydrogen-bond donors (Lipinski definition) is 0. The van der Waals surface area contributed by atoms with E-state index in [0.717, 1.165) is 12.8 Å². The fourth-order valence-electron chi connectivity index (χ4n) is 2.78. The van der Waals surface area contributed by atoms with Gasteiger partial charge in [0.1, 0.15) is 6.10 Å². The van der Waals surface area contributed by atoms with Crippen molar-refractivity contribution in [1.82, 2.24) is 0 Å². The van der Waals surface area contributed by atoms with Gasteiger partial charge in [-0.3, -0.25) is 4.79 Å². The standard InChI is InChI=1S/C13H24O3/c1-8(2)11-7-6-9(3)12(15-5)13(11)16-10(4)14/h8-9,11-13H,6-7H2,1-5H3. The van der Waals surface area contributed by atoms with Crippen LogP contribution in [0.3, 0.4) is 0 Å². The second-order valence-corrected chi connectivity index (χ2v) is 5.24. The highest BCUT2D eigenvalue weighted by Gasteiger charge is 2.41. The molecule has 4 unspecified atom stereocenters. The predicted molar refractivity (Wildman–Crippen MR) is 63.1 cm³/mol. The van der Waals surface area contributed by atoms with E-state index in [2.05, 4.69) is 20.8 Å². The lowest BCUT2D eigenvalue weighted by molar-refractivity contribution is -0.170. The first-order chi connectivity index (χ1) is 7.47. The molecule has 0 heterocycles. The van der Waals surface area contributed by atoms with E-state index < -0.39 is 0 Å². The Labute approximate surface area is 98.5 Å². The molecule has 0 bridgehead atoms. The molecule has 1 saturated carbocycles. The van der Waals surface area contributed by atoms with Crippen LogP contribution in [0.2, 0.25) is 0 Å². The van der Waals surface area contributed by atoms with Gasteiger partial charge in [-0.05, 0) is 24.7 Å². The van der Waals surface area contributed by atoms with Gasteiger partial charge in [-0.2, -0.15) is 0 Å². The molecule has 0 amide bonds. The van der Waals surface area contributed by atoms with Crippen molar-refractivity contribution in [2.24, 2.45) is 17.8 Å². The first-order valence-corrected chi connectivity index (χ1v) is 6.17. The normalized spacial score (nSPS) is 35.1. The zero-order chi connectivity index (χ0) is 12.3. The van der Waals surface area contributed by atoms with E-state index in [1.54, 1.807) is 7.11 Å². The maximum absolute atomic E-state index is 11.2. The molecule has 0 aromatic rings. The molecular weight excluding hydrogens is 204 g/mol. The van der Waals surface area contributed by atoms with Gasteiger partial charge in [-0.1, -0.05) is 20.8 Å². The average Bonchev–Trinajstić information content (AvgIpc) is 2.16. The van der Waals surface area contributed by atoms with Crippen LogP contribution in [0.15, 0.2) is 0 Å². The molecule has 1 aliphatic rings. The van der Waals surface area contributed by atoms with E-state index in [9.17, 15) is 4.79 Å². The Bertz CT molecular complexity index is 235. The van der Waals surface area contributed by atoms with E-state index in [4.69, 9.17) is 9.47 Å². The summed E-state index contributed by atoms with van der Waals surface area (Å²) in [6, 6.07) is 0. The lowest BCUT2D eigenvalue weighted by Crippen LogP contribution is -2.47. The summed E-state index contributed by atoms with van der Waals surface area (Å²) >= 11 is 0. The zero-order valence-corrected chi connectivity index (χ0v) is 11.0. The molecule has 1 fully saturated rings. The van der Waals surface area contributed by atoms with Crippen molar-refractivity contribution in [3.8, 4) is 0 Å². The van der Waals surface area contributed by atoms with Crippen LogP contribution >= 0.6 is 0 Å². The highest BCUT2D eigenvalue weighted by atomic mass is 16.6. The lowest BCUT2D eigenvalue weighted by atomic mass is 9.73. The maximum Gasteiger partial charge on any atom is 0.303 e. The van der Waals surface area contributed by atoms with E-state index in [1.807, 2.05) is 0 Å². The van der Waals surface area contributed by atoms with Gasteiger partial charge in [0.2, 0.25) is 0 Å². The third-order valence-corrected chi connectivity index (χ3v) is 3.69. The largest absolute Gasteiger partial charge is 0.459 e. The highest BCUT2D eigenvalue weighted by Crippen LogP contribution is 2.36. The molecule has 94 valence electrons. The predicted octanol–water partition coefficient (Wildman–Crippen LogP) is 2.64. The summed E-state index contributed by atoms with van der Waals surface area (Å²) in [7, 11) is 1.71. The van der Waals surface area contributed by atoms with Gasteiger partial charge in [-0.15, -0.1) is 0 Å². The van der Waals surface area contributed by atoms with Crippen molar-refractivity contribution in [2.75, 3.05) is 7.11 Å². The number of carbonyl (C=O) groups excluding carboxylic acids is 1. The van der Waals surface area contributed by atoms with Crippen LogP contribution in [-0.4, -0.2) is 25.3 Å². The summed E-state index contributed by atoms with van der Waals surface area (Å²) in [6.45, 7) is 8.01. The molecule has 3 heteroatoms. The Morgan fingerprint density at radius 2 is 1.88 bits per heavy atom. The fraction of sp³-hybridized carbons (Fsp3) is 0.923. The Morgan fingerprint density at radius 3 is 2.31 bits per heavy atom. The minimum absolute atomic E-state index is 0.0463. The second kappa shape index (κ2) is 5.67. The van der Waals surface area contributed by atoms with Gasteiger partial charge >= 0.3 is 5.97 Å². The van der Waals surface area contributed by atoms with Crippen LogP contribution in [0.25, 0.3) is 0 Å². The molecule has 4 atom stereocenters. The Balaban J connectivity index is 2.81.